The highest BCUT2D eigenvalue weighted by atomic mass is 19.1. The van der Waals surface area contributed by atoms with E-state index in [0.29, 0.717) is 49.5 Å². The second kappa shape index (κ2) is 13.9. The number of carbonyl (C=O) groups is 1. The van der Waals surface area contributed by atoms with Gasteiger partial charge in [0.1, 0.15) is 11.1 Å². The number of nitrogens with one attached hydrogen (secondary N) is 1. The molecule has 2 aromatic carbocycles. The number of amides is 1. The van der Waals surface area contributed by atoms with E-state index in [9.17, 15) is 14.3 Å². The summed E-state index contributed by atoms with van der Waals surface area (Å²) >= 11 is 0. The Hall–Kier alpha value is -3.73. The molecular formula is C34H43FN4O5. The zero-order valence-electron chi connectivity index (χ0n) is 25.9. The number of ether oxygens (including phenoxy) is 2. The van der Waals surface area contributed by atoms with E-state index in [1.165, 1.54) is 0 Å². The fourth-order valence-electron chi connectivity index (χ4n) is 6.62. The van der Waals surface area contributed by atoms with Crippen molar-refractivity contribution in [2.45, 2.75) is 63.6 Å². The Kier molecular flexibility index (Phi) is 10.0. The molecule has 5 rings (SSSR count). The van der Waals surface area contributed by atoms with Gasteiger partial charge in [-0.3, -0.25) is 4.79 Å². The number of rotatable bonds is 11. The van der Waals surface area contributed by atoms with Crippen LogP contribution in [0.1, 0.15) is 50.5 Å². The smallest absolute Gasteiger partial charge is 0.251 e. The molecule has 10 heteroatoms. The van der Waals surface area contributed by atoms with Gasteiger partial charge in [0.25, 0.3) is 5.91 Å². The van der Waals surface area contributed by atoms with Gasteiger partial charge in [-0.15, -0.1) is 0 Å². The number of fused-ring (bicyclic) bond motifs is 1. The van der Waals surface area contributed by atoms with Crippen LogP contribution in [0.5, 0.6) is 5.75 Å². The lowest BCUT2D eigenvalue weighted by molar-refractivity contribution is -0.130. The van der Waals surface area contributed by atoms with Crippen LogP contribution in [0.3, 0.4) is 0 Å². The van der Waals surface area contributed by atoms with E-state index in [2.05, 4.69) is 16.9 Å². The number of aryl methyl sites for hydroxylation is 1. The van der Waals surface area contributed by atoms with Crippen molar-refractivity contribution in [1.29, 1.82) is 0 Å². The van der Waals surface area contributed by atoms with Crippen molar-refractivity contribution < 1.29 is 28.2 Å². The van der Waals surface area contributed by atoms with Crippen LogP contribution in [0.15, 0.2) is 65.2 Å². The molecule has 1 aliphatic heterocycles. The van der Waals surface area contributed by atoms with E-state index in [1.54, 1.807) is 32.4 Å². The number of hydrogen-bond acceptors (Lipinski definition) is 8. The average Bonchev–Trinajstić information content (AvgIpc) is 3.42. The summed E-state index contributed by atoms with van der Waals surface area (Å²) in [5.74, 6) is -0.197. The summed E-state index contributed by atoms with van der Waals surface area (Å²) in [6.07, 6.45) is 5.44. The van der Waals surface area contributed by atoms with Gasteiger partial charge >= 0.3 is 0 Å². The predicted octanol–water partition coefficient (Wildman–Crippen LogP) is 5.04. The normalized spacial score (nSPS) is 22.9. The molecule has 2 heterocycles. The van der Waals surface area contributed by atoms with Gasteiger partial charge in [-0.05, 0) is 43.7 Å². The van der Waals surface area contributed by atoms with Gasteiger partial charge in [0, 0.05) is 51.7 Å². The largest absolute Gasteiger partial charge is 0.490 e. The summed E-state index contributed by atoms with van der Waals surface area (Å²) in [4.78, 5) is 22.3. The third-order valence-corrected chi connectivity index (χ3v) is 8.75. The van der Waals surface area contributed by atoms with Crippen molar-refractivity contribution in [2.24, 2.45) is 0 Å². The molecule has 0 unspecified atom stereocenters. The zero-order valence-corrected chi connectivity index (χ0v) is 25.9. The maximum Gasteiger partial charge on any atom is 0.251 e. The highest BCUT2D eigenvalue weighted by Gasteiger charge is 2.43. The second-order valence-electron chi connectivity index (χ2n) is 11.7. The quantitative estimate of drug-likeness (QED) is 0.293. The second-order valence-corrected chi connectivity index (χ2v) is 11.7. The number of hydrogen-bond donors (Lipinski definition) is 2. The first kappa shape index (κ1) is 31.7. The van der Waals surface area contributed by atoms with Crippen LogP contribution in [0, 0.1) is 12.7 Å². The molecule has 0 radical (unpaired) electrons. The number of oxazole rings is 1. The molecule has 1 saturated heterocycles. The van der Waals surface area contributed by atoms with E-state index in [1.807, 2.05) is 47.1 Å². The monoisotopic (exact) mass is 606 g/mol. The predicted molar refractivity (Wildman–Crippen MR) is 167 cm³/mol. The number of nitrogens with zero attached hydrogens (tertiary/aromatic N) is 3. The van der Waals surface area contributed by atoms with Crippen molar-refractivity contribution in [3.8, 4) is 5.75 Å². The first-order valence-electron chi connectivity index (χ1n) is 15.4. The molecular weight excluding hydrogens is 563 g/mol. The number of piperazine rings is 1. The minimum absolute atomic E-state index is 0.0764. The molecule has 1 aromatic heterocycles. The maximum atomic E-state index is 15.0. The maximum absolute atomic E-state index is 15.0. The minimum atomic E-state index is -1.08. The number of carbonyl (C=O) groups excluding carboxylic acids is 1. The lowest BCUT2D eigenvalue weighted by Gasteiger charge is -2.46. The van der Waals surface area contributed by atoms with E-state index < -0.39 is 11.4 Å². The van der Waals surface area contributed by atoms with Crippen LogP contribution in [-0.2, 0) is 9.53 Å². The van der Waals surface area contributed by atoms with Crippen LogP contribution in [-0.4, -0.2) is 83.4 Å². The van der Waals surface area contributed by atoms with Crippen molar-refractivity contribution in [1.82, 2.24) is 20.1 Å². The number of halogens is 1. The molecule has 2 aliphatic rings. The summed E-state index contributed by atoms with van der Waals surface area (Å²) in [6.45, 7) is 9.82. The Bertz CT molecular complexity index is 1490. The Balaban J connectivity index is 1.40. The summed E-state index contributed by atoms with van der Waals surface area (Å²) < 4.78 is 31.7. The van der Waals surface area contributed by atoms with Crippen molar-refractivity contribution in [3.63, 3.8) is 0 Å². The lowest BCUT2D eigenvalue weighted by atomic mass is 9.79. The van der Waals surface area contributed by atoms with E-state index in [-0.39, 0.29) is 42.5 Å². The standard InChI is InChI=1S/C34H43FN4O5/c1-5-38(29-13-9-10-17-34(29,41)22-42-4)31(25-11-7-6-8-12-25)23(2)33(40)39-19-18-36-21-26(39)16-20-43-28-15-14-27-32(30(28)35)44-24(3)37-27/h5-8,11-12,14-15,26,29,36,41H,1,9-10,13,16-22H2,2-4H3/b31-23+/t26-,29-,34-/m1/s1. The van der Waals surface area contributed by atoms with E-state index in [4.69, 9.17) is 13.9 Å². The van der Waals surface area contributed by atoms with Gasteiger partial charge in [0.15, 0.2) is 17.2 Å². The third kappa shape index (κ3) is 6.52. The van der Waals surface area contributed by atoms with Crippen LogP contribution >= 0.6 is 0 Å². The van der Waals surface area contributed by atoms with Crippen molar-refractivity contribution in [3.05, 3.63) is 78.1 Å². The number of benzene rings is 2. The molecule has 1 amide bonds. The Morgan fingerprint density at radius 3 is 2.84 bits per heavy atom. The molecule has 44 heavy (non-hydrogen) atoms. The summed E-state index contributed by atoms with van der Waals surface area (Å²) in [5, 5.41) is 15.1. The van der Waals surface area contributed by atoms with Crippen molar-refractivity contribution >= 4 is 22.7 Å². The highest BCUT2D eigenvalue weighted by Crippen LogP contribution is 2.38. The fraction of sp³-hybridized carbons (Fsp3) is 0.471. The Labute approximate surface area is 258 Å². The first-order valence-corrected chi connectivity index (χ1v) is 15.4. The van der Waals surface area contributed by atoms with Gasteiger partial charge in [0.05, 0.1) is 25.0 Å². The van der Waals surface area contributed by atoms with E-state index in [0.717, 1.165) is 30.5 Å². The minimum Gasteiger partial charge on any atom is -0.490 e. The van der Waals surface area contributed by atoms with Crippen LogP contribution < -0.4 is 10.1 Å². The Morgan fingerprint density at radius 1 is 1.30 bits per heavy atom. The Morgan fingerprint density at radius 2 is 2.09 bits per heavy atom. The SMILES string of the molecule is C=CN(/C(=C(\C)C(=O)N1CCNC[C@H]1CCOc1ccc2nc(C)oc2c1F)c1ccccc1)[C@@H]1CCCC[C@@]1(O)COC. The van der Waals surface area contributed by atoms with Gasteiger partial charge in [-0.2, -0.15) is 4.39 Å². The van der Waals surface area contributed by atoms with E-state index >= 15 is 0 Å². The average molecular weight is 607 g/mol. The molecule has 9 nitrogen and oxygen atoms in total. The fourth-order valence-corrected chi connectivity index (χ4v) is 6.62. The van der Waals surface area contributed by atoms with Crippen LogP contribution in [0.4, 0.5) is 4.39 Å². The van der Waals surface area contributed by atoms with Gasteiger partial charge in [-0.1, -0.05) is 49.8 Å². The lowest BCUT2D eigenvalue weighted by Crippen LogP contribution is -2.56. The molecule has 1 aliphatic carbocycles. The molecule has 2 N–H and O–H groups in total. The summed E-state index contributed by atoms with van der Waals surface area (Å²) in [6, 6.07) is 12.5. The summed E-state index contributed by atoms with van der Waals surface area (Å²) in [7, 11) is 1.60. The molecule has 3 aromatic rings. The number of aliphatic hydroxyl groups is 1. The molecule has 1 saturated carbocycles. The number of methoxy groups -OCH3 is 1. The van der Waals surface area contributed by atoms with Crippen LogP contribution in [0.25, 0.3) is 16.8 Å². The van der Waals surface area contributed by atoms with Crippen LogP contribution in [0.2, 0.25) is 0 Å². The zero-order chi connectivity index (χ0) is 31.3. The highest BCUT2D eigenvalue weighted by molar-refractivity contribution is 6.00. The first-order chi connectivity index (χ1) is 21.3. The van der Waals surface area contributed by atoms with Gasteiger partial charge in [-0.25, -0.2) is 4.98 Å². The molecule has 3 atom stereocenters. The van der Waals surface area contributed by atoms with Crippen molar-refractivity contribution in [2.75, 3.05) is 40.0 Å². The molecule has 0 spiro atoms. The summed E-state index contributed by atoms with van der Waals surface area (Å²) in [5.41, 5.74) is 1.59. The topological polar surface area (TPSA) is 100 Å². The van der Waals surface area contributed by atoms with Gasteiger partial charge < -0.3 is 34.1 Å². The molecule has 2 fully saturated rings. The third-order valence-electron chi connectivity index (χ3n) is 8.75. The van der Waals surface area contributed by atoms with Gasteiger partial charge in [0.2, 0.25) is 5.82 Å². The number of aromatic nitrogens is 1. The molecule has 0 bridgehead atoms. The molecule has 236 valence electrons.